The highest BCUT2D eigenvalue weighted by Crippen LogP contribution is 2.53. The number of fused-ring (bicyclic) bond motifs is 5. The third kappa shape index (κ3) is 3.78. The zero-order valence-electron chi connectivity index (χ0n) is 18.2. The molecule has 0 aromatic rings. The van der Waals surface area contributed by atoms with Gasteiger partial charge in [0.1, 0.15) is 5.60 Å². The van der Waals surface area contributed by atoms with Gasteiger partial charge in [-0.05, 0) is 43.6 Å². The molecule has 0 aromatic heterocycles. The quantitative estimate of drug-likeness (QED) is 0.526. The number of aliphatic hydroxyl groups excluding tert-OH is 1. The molecular formula is C23H38O3. The van der Waals surface area contributed by atoms with Crippen molar-refractivity contribution in [3.63, 3.8) is 0 Å². The van der Waals surface area contributed by atoms with Crippen molar-refractivity contribution < 1.29 is 14.6 Å². The molecule has 0 radical (unpaired) electrons. The minimum atomic E-state index is -0.776. The Morgan fingerprint density at radius 2 is 1.58 bits per heavy atom. The van der Waals surface area contributed by atoms with Crippen molar-refractivity contribution in [2.24, 2.45) is 22.2 Å². The molecule has 148 valence electrons. The summed E-state index contributed by atoms with van der Waals surface area (Å²) in [4.78, 5) is 13.5. The Morgan fingerprint density at radius 3 is 2.04 bits per heavy atom. The smallest absolute Gasteiger partial charge is 0.313 e. The molecule has 3 nitrogen and oxygen atoms in total. The lowest BCUT2D eigenvalue weighted by molar-refractivity contribution is -0.185. The van der Waals surface area contributed by atoms with E-state index in [-0.39, 0.29) is 22.7 Å². The summed E-state index contributed by atoms with van der Waals surface area (Å²) in [5, 5.41) is 10.6. The number of esters is 1. The molecule has 0 aliphatic heterocycles. The second-order valence-electron chi connectivity index (χ2n) is 10.9. The van der Waals surface area contributed by atoms with Crippen molar-refractivity contribution in [1.82, 2.24) is 0 Å². The van der Waals surface area contributed by atoms with Gasteiger partial charge in [-0.2, -0.15) is 0 Å². The summed E-state index contributed by atoms with van der Waals surface area (Å²) in [6, 6.07) is 0. The first-order valence-electron chi connectivity index (χ1n) is 9.91. The monoisotopic (exact) mass is 362 g/mol. The first kappa shape index (κ1) is 21.2. The zero-order chi connectivity index (χ0) is 20.1. The van der Waals surface area contributed by atoms with Gasteiger partial charge in [0.25, 0.3) is 0 Å². The molecule has 3 rings (SSSR count). The van der Waals surface area contributed by atoms with E-state index in [1.165, 1.54) is 11.1 Å². The van der Waals surface area contributed by atoms with Crippen molar-refractivity contribution >= 4 is 5.97 Å². The van der Waals surface area contributed by atoms with Crippen molar-refractivity contribution in [1.29, 1.82) is 0 Å². The average Bonchev–Trinajstić information content (AvgIpc) is 2.46. The first-order valence-corrected chi connectivity index (χ1v) is 9.91. The van der Waals surface area contributed by atoms with Gasteiger partial charge in [-0.1, -0.05) is 65.7 Å². The Bertz CT molecular complexity index is 603. The predicted octanol–water partition coefficient (Wildman–Crippen LogP) is 5.43. The zero-order valence-corrected chi connectivity index (χ0v) is 18.2. The fourth-order valence-electron chi connectivity index (χ4n) is 4.45. The number of rotatable bonds is 2. The maximum absolute atomic E-state index is 13.5. The van der Waals surface area contributed by atoms with E-state index in [0.29, 0.717) is 6.42 Å². The molecule has 0 saturated heterocycles. The lowest BCUT2D eigenvalue weighted by atomic mass is 9.55. The lowest BCUT2D eigenvalue weighted by Crippen LogP contribution is -2.53. The van der Waals surface area contributed by atoms with Crippen LogP contribution in [0.25, 0.3) is 0 Å². The van der Waals surface area contributed by atoms with Crippen LogP contribution in [0.4, 0.5) is 0 Å². The van der Waals surface area contributed by atoms with E-state index < -0.39 is 17.1 Å². The van der Waals surface area contributed by atoms with E-state index in [4.69, 9.17) is 4.74 Å². The van der Waals surface area contributed by atoms with Crippen LogP contribution in [0.5, 0.6) is 0 Å². The molecule has 2 bridgehead atoms. The normalized spacial score (nSPS) is 30.2. The van der Waals surface area contributed by atoms with Crippen LogP contribution in [0.3, 0.4) is 0 Å². The molecule has 3 unspecified atom stereocenters. The van der Waals surface area contributed by atoms with Gasteiger partial charge in [0, 0.05) is 12.3 Å². The van der Waals surface area contributed by atoms with Crippen LogP contribution < -0.4 is 0 Å². The van der Waals surface area contributed by atoms with Crippen LogP contribution in [0, 0.1) is 22.2 Å². The van der Waals surface area contributed by atoms with Gasteiger partial charge in [-0.25, -0.2) is 0 Å². The molecule has 3 aliphatic carbocycles. The van der Waals surface area contributed by atoms with E-state index in [1.54, 1.807) is 0 Å². The largest absolute Gasteiger partial charge is 0.455 e. The highest BCUT2D eigenvalue weighted by atomic mass is 16.6. The molecule has 0 aromatic carbocycles. The minimum Gasteiger partial charge on any atom is -0.455 e. The number of hydrogen-bond acceptors (Lipinski definition) is 3. The van der Waals surface area contributed by atoms with Gasteiger partial charge in [0.05, 0.1) is 11.5 Å². The van der Waals surface area contributed by atoms with Crippen molar-refractivity contribution in [3.05, 3.63) is 23.3 Å². The molecule has 3 aliphatic rings. The Balaban J connectivity index is 2.36. The van der Waals surface area contributed by atoms with E-state index in [2.05, 4.69) is 53.7 Å². The molecule has 0 amide bonds. The molecule has 3 atom stereocenters. The van der Waals surface area contributed by atoms with E-state index in [0.717, 1.165) is 12.8 Å². The number of carbonyl (C=O) groups excluding carboxylic acids is 1. The lowest BCUT2D eigenvalue weighted by Gasteiger charge is -2.50. The fourth-order valence-corrected chi connectivity index (χ4v) is 4.45. The Labute approximate surface area is 159 Å². The summed E-state index contributed by atoms with van der Waals surface area (Å²) in [6.07, 6.45) is 6.07. The van der Waals surface area contributed by atoms with Crippen LogP contribution in [-0.4, -0.2) is 22.8 Å². The number of ether oxygens (including phenoxy) is 1. The van der Waals surface area contributed by atoms with E-state index in [9.17, 15) is 9.90 Å². The fraction of sp³-hybridized carbons (Fsp3) is 0.783. The van der Waals surface area contributed by atoms with Crippen LogP contribution in [0.1, 0.15) is 81.6 Å². The Hall–Kier alpha value is -1.09. The Morgan fingerprint density at radius 1 is 1.08 bits per heavy atom. The third-order valence-electron chi connectivity index (χ3n) is 6.87. The SMILES string of the molecule is CC1C=C2CC(=CC(C)(OC(=O)C(C)(C(C)(C)C)C(C)(C)C)CC1O)C2. The van der Waals surface area contributed by atoms with Crippen molar-refractivity contribution in [2.45, 2.75) is 93.3 Å². The van der Waals surface area contributed by atoms with Crippen molar-refractivity contribution in [2.75, 3.05) is 0 Å². The van der Waals surface area contributed by atoms with Gasteiger partial charge in [-0.3, -0.25) is 4.79 Å². The highest BCUT2D eigenvalue weighted by Gasteiger charge is 2.55. The Kier molecular flexibility index (Phi) is 5.31. The summed E-state index contributed by atoms with van der Waals surface area (Å²) in [5.41, 5.74) is 0.762. The second kappa shape index (κ2) is 6.51. The maximum Gasteiger partial charge on any atom is 0.313 e. The maximum atomic E-state index is 13.5. The second-order valence-corrected chi connectivity index (χ2v) is 10.9. The summed E-state index contributed by atoms with van der Waals surface area (Å²) in [5.74, 6) is -0.101. The molecular weight excluding hydrogens is 324 g/mol. The van der Waals surface area contributed by atoms with Gasteiger partial charge >= 0.3 is 5.97 Å². The molecule has 3 heteroatoms. The van der Waals surface area contributed by atoms with Crippen LogP contribution in [0.2, 0.25) is 0 Å². The molecule has 0 spiro atoms. The number of aliphatic hydroxyl groups is 1. The average molecular weight is 363 g/mol. The van der Waals surface area contributed by atoms with Gasteiger partial charge in [-0.15, -0.1) is 0 Å². The van der Waals surface area contributed by atoms with Crippen molar-refractivity contribution in [3.8, 4) is 0 Å². The summed E-state index contributed by atoms with van der Waals surface area (Å²) in [7, 11) is 0. The van der Waals surface area contributed by atoms with E-state index >= 15 is 0 Å². The summed E-state index contributed by atoms with van der Waals surface area (Å²) >= 11 is 0. The summed E-state index contributed by atoms with van der Waals surface area (Å²) in [6.45, 7) is 18.6. The van der Waals surface area contributed by atoms with Gasteiger partial charge < -0.3 is 9.84 Å². The van der Waals surface area contributed by atoms with Crippen LogP contribution in [-0.2, 0) is 9.53 Å². The number of hydrogen-bond donors (Lipinski definition) is 1. The standard InChI is InChI=1S/C23H38O3/c1-15-10-16-11-17(12-16)13-22(8,14-18(15)24)26-19(25)23(9,20(2,3)4)21(5,6)7/h10,13,15,18,24H,11-12,14H2,1-9H3. The molecule has 0 heterocycles. The first-order chi connectivity index (χ1) is 11.6. The number of allylic oxidation sites excluding steroid dienone is 2. The number of carbonyl (C=O) groups is 1. The minimum absolute atomic E-state index is 0.0766. The van der Waals surface area contributed by atoms with Crippen LogP contribution in [0.15, 0.2) is 23.3 Å². The van der Waals surface area contributed by atoms with E-state index in [1.807, 2.05) is 20.8 Å². The summed E-state index contributed by atoms with van der Waals surface area (Å²) < 4.78 is 6.20. The van der Waals surface area contributed by atoms with Gasteiger partial charge in [0.15, 0.2) is 0 Å². The van der Waals surface area contributed by atoms with Gasteiger partial charge in [0.2, 0.25) is 0 Å². The van der Waals surface area contributed by atoms with Crippen LogP contribution >= 0.6 is 0 Å². The topological polar surface area (TPSA) is 46.5 Å². The molecule has 1 N–H and O–H groups in total. The highest BCUT2D eigenvalue weighted by molar-refractivity contribution is 5.79. The molecule has 1 fully saturated rings. The third-order valence-corrected chi connectivity index (χ3v) is 6.87. The predicted molar refractivity (Wildman–Crippen MR) is 107 cm³/mol. The molecule has 26 heavy (non-hydrogen) atoms. The molecule has 1 saturated carbocycles.